The molecule has 1 rings (SSSR count). The Morgan fingerprint density at radius 3 is 2.65 bits per heavy atom. The molecule has 1 N–H and O–H groups in total. The summed E-state index contributed by atoms with van der Waals surface area (Å²) in [6.07, 6.45) is 0.990. The van der Waals surface area contributed by atoms with Crippen molar-refractivity contribution < 1.29 is 19.1 Å². The van der Waals surface area contributed by atoms with Crippen LogP contribution in [0.1, 0.15) is 25.8 Å². The van der Waals surface area contributed by atoms with Gasteiger partial charge in [0.15, 0.2) is 6.61 Å². The highest BCUT2D eigenvalue weighted by Crippen LogP contribution is 2.17. The molecule has 5 heteroatoms. The van der Waals surface area contributed by atoms with Crippen LogP contribution in [0.5, 0.6) is 5.75 Å². The summed E-state index contributed by atoms with van der Waals surface area (Å²) >= 11 is 0. The van der Waals surface area contributed by atoms with Gasteiger partial charge in [-0.25, -0.2) is 0 Å². The van der Waals surface area contributed by atoms with E-state index in [1.165, 1.54) is 7.11 Å². The normalized spacial score (nSPS) is 11.6. The first-order valence-electron chi connectivity index (χ1n) is 6.63. The maximum atomic E-state index is 11.7. The molecule has 5 nitrogen and oxygen atoms in total. The van der Waals surface area contributed by atoms with Crippen LogP contribution < -0.4 is 10.1 Å². The Balaban J connectivity index is 2.41. The number of methoxy groups -OCH3 is 1. The average molecular weight is 279 g/mol. The second-order valence-corrected chi connectivity index (χ2v) is 4.50. The average Bonchev–Trinajstić information content (AvgIpc) is 2.45. The number of rotatable bonds is 7. The Kier molecular flexibility index (Phi) is 6.56. The van der Waals surface area contributed by atoms with E-state index in [2.05, 4.69) is 10.1 Å². The number of hydrogen-bond donors (Lipinski definition) is 1. The molecule has 0 aromatic heterocycles. The van der Waals surface area contributed by atoms with E-state index in [4.69, 9.17) is 4.74 Å². The second kappa shape index (κ2) is 8.19. The first-order valence-corrected chi connectivity index (χ1v) is 6.63. The highest BCUT2D eigenvalue weighted by Gasteiger charge is 2.12. The minimum atomic E-state index is -0.352. The lowest BCUT2D eigenvalue weighted by Gasteiger charge is -2.14. The number of amides is 1. The first-order chi connectivity index (χ1) is 9.56. The van der Waals surface area contributed by atoms with Gasteiger partial charge in [0, 0.05) is 6.04 Å². The summed E-state index contributed by atoms with van der Waals surface area (Å²) in [6, 6.07) is 7.33. The van der Waals surface area contributed by atoms with E-state index in [-0.39, 0.29) is 30.9 Å². The van der Waals surface area contributed by atoms with Crippen molar-refractivity contribution in [1.29, 1.82) is 0 Å². The lowest BCUT2D eigenvalue weighted by atomic mass is 10.1. The van der Waals surface area contributed by atoms with E-state index in [0.29, 0.717) is 5.75 Å². The van der Waals surface area contributed by atoms with Gasteiger partial charge in [-0.1, -0.05) is 25.1 Å². The van der Waals surface area contributed by atoms with Crippen molar-refractivity contribution in [2.24, 2.45) is 0 Å². The molecule has 1 unspecified atom stereocenters. The number of esters is 1. The lowest BCUT2D eigenvalue weighted by Crippen LogP contribution is -2.37. The van der Waals surface area contributed by atoms with Crippen molar-refractivity contribution in [2.75, 3.05) is 13.7 Å². The highest BCUT2D eigenvalue weighted by molar-refractivity contribution is 5.79. The van der Waals surface area contributed by atoms with Crippen LogP contribution >= 0.6 is 0 Å². The highest BCUT2D eigenvalue weighted by atomic mass is 16.5. The standard InChI is InChI=1S/C15H21NO4/c1-4-12-7-5-6-8-13(12)20-10-14(17)16-11(2)9-15(18)19-3/h5-8,11H,4,9-10H2,1-3H3,(H,16,17). The molecule has 0 radical (unpaired) electrons. The minimum absolute atomic E-state index is 0.0669. The smallest absolute Gasteiger partial charge is 0.307 e. The number of nitrogens with one attached hydrogen (secondary N) is 1. The van der Waals surface area contributed by atoms with Gasteiger partial charge in [0.05, 0.1) is 13.5 Å². The van der Waals surface area contributed by atoms with Gasteiger partial charge >= 0.3 is 5.97 Å². The fraction of sp³-hybridized carbons (Fsp3) is 0.467. The van der Waals surface area contributed by atoms with Gasteiger partial charge in [-0.2, -0.15) is 0 Å². The number of para-hydroxylation sites is 1. The molecule has 0 aliphatic rings. The Labute approximate surface area is 119 Å². The zero-order chi connectivity index (χ0) is 15.0. The third-order valence-electron chi connectivity index (χ3n) is 2.82. The van der Waals surface area contributed by atoms with Gasteiger partial charge in [-0.05, 0) is 25.0 Å². The predicted octanol–water partition coefficient (Wildman–Crippen LogP) is 1.70. The summed E-state index contributed by atoms with van der Waals surface area (Å²) < 4.78 is 10.0. The molecule has 1 atom stereocenters. The quantitative estimate of drug-likeness (QED) is 0.771. The van der Waals surface area contributed by atoms with Crippen molar-refractivity contribution >= 4 is 11.9 Å². The maximum absolute atomic E-state index is 11.7. The van der Waals surface area contributed by atoms with E-state index in [9.17, 15) is 9.59 Å². The van der Waals surface area contributed by atoms with Crippen LogP contribution in [-0.2, 0) is 20.7 Å². The molecule has 0 aliphatic heterocycles. The molecule has 0 fully saturated rings. The fourth-order valence-corrected chi connectivity index (χ4v) is 1.78. The summed E-state index contributed by atoms with van der Waals surface area (Å²) in [5.41, 5.74) is 1.06. The molecule has 110 valence electrons. The molecule has 1 aromatic carbocycles. The van der Waals surface area contributed by atoms with Gasteiger partial charge in [0.25, 0.3) is 5.91 Å². The Hall–Kier alpha value is -2.04. The molecule has 20 heavy (non-hydrogen) atoms. The molecular weight excluding hydrogens is 258 g/mol. The fourth-order valence-electron chi connectivity index (χ4n) is 1.78. The van der Waals surface area contributed by atoms with Crippen LogP contribution in [0.3, 0.4) is 0 Å². The van der Waals surface area contributed by atoms with E-state index < -0.39 is 0 Å². The van der Waals surface area contributed by atoms with Crippen LogP contribution in [0, 0.1) is 0 Å². The van der Waals surface area contributed by atoms with Gasteiger partial charge in [0.2, 0.25) is 0 Å². The summed E-state index contributed by atoms with van der Waals surface area (Å²) in [6.45, 7) is 3.71. The van der Waals surface area contributed by atoms with Gasteiger partial charge in [0.1, 0.15) is 5.75 Å². The number of carbonyl (C=O) groups excluding carboxylic acids is 2. The monoisotopic (exact) mass is 279 g/mol. The second-order valence-electron chi connectivity index (χ2n) is 4.50. The summed E-state index contributed by atoms with van der Waals surface area (Å²) in [5.74, 6) is 0.105. The van der Waals surface area contributed by atoms with Crippen molar-refractivity contribution in [1.82, 2.24) is 5.32 Å². The van der Waals surface area contributed by atoms with Crippen molar-refractivity contribution in [3.05, 3.63) is 29.8 Å². The summed E-state index contributed by atoms with van der Waals surface area (Å²) in [7, 11) is 1.32. The van der Waals surface area contributed by atoms with E-state index in [1.807, 2.05) is 31.2 Å². The van der Waals surface area contributed by atoms with Gasteiger partial charge < -0.3 is 14.8 Å². The van der Waals surface area contributed by atoms with E-state index in [1.54, 1.807) is 6.92 Å². The number of hydrogen-bond acceptors (Lipinski definition) is 4. The number of benzene rings is 1. The Morgan fingerprint density at radius 2 is 2.00 bits per heavy atom. The molecule has 1 amide bonds. The third-order valence-corrected chi connectivity index (χ3v) is 2.82. The zero-order valence-corrected chi connectivity index (χ0v) is 12.1. The summed E-state index contributed by atoms with van der Waals surface area (Å²) in [5, 5.41) is 2.69. The van der Waals surface area contributed by atoms with E-state index >= 15 is 0 Å². The topological polar surface area (TPSA) is 64.6 Å². The largest absolute Gasteiger partial charge is 0.483 e. The Morgan fingerprint density at radius 1 is 1.30 bits per heavy atom. The molecule has 0 bridgehead atoms. The number of carbonyl (C=O) groups is 2. The van der Waals surface area contributed by atoms with Gasteiger partial charge in [-0.15, -0.1) is 0 Å². The van der Waals surface area contributed by atoms with Crippen LogP contribution in [0.15, 0.2) is 24.3 Å². The van der Waals surface area contributed by atoms with E-state index in [0.717, 1.165) is 12.0 Å². The predicted molar refractivity (Wildman–Crippen MR) is 75.6 cm³/mol. The third kappa shape index (κ3) is 5.30. The van der Waals surface area contributed by atoms with Crippen molar-refractivity contribution in [3.8, 4) is 5.75 Å². The summed E-state index contributed by atoms with van der Waals surface area (Å²) in [4.78, 5) is 22.8. The zero-order valence-electron chi connectivity index (χ0n) is 12.1. The SMILES string of the molecule is CCc1ccccc1OCC(=O)NC(C)CC(=O)OC. The first kappa shape index (κ1) is 16.0. The Bertz CT molecular complexity index is 459. The molecule has 0 heterocycles. The van der Waals surface area contributed by atoms with Crippen molar-refractivity contribution in [2.45, 2.75) is 32.7 Å². The van der Waals surface area contributed by atoms with Crippen LogP contribution in [0.4, 0.5) is 0 Å². The minimum Gasteiger partial charge on any atom is -0.483 e. The molecule has 0 saturated heterocycles. The lowest BCUT2D eigenvalue weighted by molar-refractivity contribution is -0.141. The maximum Gasteiger partial charge on any atom is 0.307 e. The molecular formula is C15H21NO4. The molecule has 1 aromatic rings. The van der Waals surface area contributed by atoms with Crippen LogP contribution in [0.25, 0.3) is 0 Å². The van der Waals surface area contributed by atoms with Crippen molar-refractivity contribution in [3.63, 3.8) is 0 Å². The molecule has 0 aliphatic carbocycles. The van der Waals surface area contributed by atoms with Crippen LogP contribution in [-0.4, -0.2) is 31.6 Å². The number of aryl methyl sites for hydroxylation is 1. The molecule has 0 spiro atoms. The van der Waals surface area contributed by atoms with Gasteiger partial charge in [-0.3, -0.25) is 9.59 Å². The molecule has 0 saturated carbocycles. The van der Waals surface area contributed by atoms with Crippen LogP contribution in [0.2, 0.25) is 0 Å². The number of ether oxygens (including phenoxy) is 2.